The summed E-state index contributed by atoms with van der Waals surface area (Å²) in [5.41, 5.74) is 0.988. The van der Waals surface area contributed by atoms with Crippen LogP contribution in [0, 0.1) is 0 Å². The molecule has 31 heavy (non-hydrogen) atoms. The van der Waals surface area contributed by atoms with Gasteiger partial charge in [0.05, 0.1) is 19.2 Å². The van der Waals surface area contributed by atoms with Crippen LogP contribution in [-0.2, 0) is 4.79 Å². The number of para-hydroxylation sites is 1. The molecule has 0 aromatic heterocycles. The first-order chi connectivity index (χ1) is 14.2. The van der Waals surface area contributed by atoms with E-state index in [1.54, 1.807) is 14.1 Å². The SMILES string of the molecule is CN(C)C(=O)CN=C(NC1CCN(CC(F)(F)F)C1)NC1CCOc2ccccc21.I. The maximum absolute atomic E-state index is 12.7. The third kappa shape index (κ3) is 7.70. The Morgan fingerprint density at radius 1 is 1.26 bits per heavy atom. The van der Waals surface area contributed by atoms with Gasteiger partial charge in [-0.3, -0.25) is 9.69 Å². The number of nitrogens with one attached hydrogen (secondary N) is 2. The molecule has 1 aromatic rings. The molecular weight excluding hydrogens is 526 g/mol. The van der Waals surface area contributed by atoms with Crippen molar-refractivity contribution in [2.45, 2.75) is 31.1 Å². The normalized spacial score (nSPS) is 21.5. The summed E-state index contributed by atoms with van der Waals surface area (Å²) in [5.74, 6) is 1.06. The lowest BCUT2D eigenvalue weighted by Gasteiger charge is -2.29. The number of halogens is 4. The number of ether oxygens (including phenoxy) is 1. The third-order valence-electron chi connectivity index (χ3n) is 5.16. The van der Waals surface area contributed by atoms with Crippen molar-refractivity contribution in [3.63, 3.8) is 0 Å². The number of rotatable bonds is 5. The van der Waals surface area contributed by atoms with Gasteiger partial charge in [0.1, 0.15) is 12.3 Å². The molecule has 0 aliphatic carbocycles. The number of benzene rings is 1. The summed E-state index contributed by atoms with van der Waals surface area (Å²) in [5, 5.41) is 6.57. The summed E-state index contributed by atoms with van der Waals surface area (Å²) < 4.78 is 43.7. The standard InChI is InChI=1S/C20H28F3N5O2.HI/c1-27(2)18(29)11-24-19(25-14-7-9-28(12-14)13-20(21,22)23)26-16-8-10-30-17-6-4-3-5-15(16)17;/h3-6,14,16H,7-13H2,1-2H3,(H2,24,25,26);1H. The molecule has 1 aromatic carbocycles. The van der Waals surface area contributed by atoms with Gasteiger partial charge in [-0.15, -0.1) is 24.0 Å². The molecule has 2 heterocycles. The fourth-order valence-corrected chi connectivity index (χ4v) is 3.62. The Morgan fingerprint density at radius 3 is 2.71 bits per heavy atom. The Bertz CT molecular complexity index is 775. The highest BCUT2D eigenvalue weighted by molar-refractivity contribution is 14.0. The van der Waals surface area contributed by atoms with Crippen molar-refractivity contribution in [1.29, 1.82) is 0 Å². The van der Waals surface area contributed by atoms with Crippen molar-refractivity contribution in [2.24, 2.45) is 4.99 Å². The molecule has 0 bridgehead atoms. The average Bonchev–Trinajstić information content (AvgIpc) is 3.11. The van der Waals surface area contributed by atoms with Gasteiger partial charge in [0.2, 0.25) is 5.91 Å². The van der Waals surface area contributed by atoms with Gasteiger partial charge in [0.25, 0.3) is 0 Å². The summed E-state index contributed by atoms with van der Waals surface area (Å²) in [6.45, 7) is 0.207. The molecular formula is C20H29F3IN5O2. The number of hydrogen-bond acceptors (Lipinski definition) is 4. The lowest BCUT2D eigenvalue weighted by Crippen LogP contribution is -2.47. The van der Waals surface area contributed by atoms with E-state index in [1.165, 1.54) is 9.80 Å². The Kier molecular flexibility index (Phi) is 9.22. The number of likely N-dealkylation sites (tertiary alicyclic amines) is 1. The maximum atomic E-state index is 12.7. The molecule has 2 N–H and O–H groups in total. The van der Waals surface area contributed by atoms with Crippen LogP contribution in [0.25, 0.3) is 0 Å². The zero-order chi connectivity index (χ0) is 21.7. The molecule has 2 atom stereocenters. The molecule has 1 fully saturated rings. The Morgan fingerprint density at radius 2 is 2.00 bits per heavy atom. The van der Waals surface area contributed by atoms with Crippen molar-refractivity contribution >= 4 is 35.8 Å². The molecule has 0 radical (unpaired) electrons. The summed E-state index contributed by atoms with van der Waals surface area (Å²) in [6.07, 6.45) is -2.93. The molecule has 2 aliphatic heterocycles. The zero-order valence-electron chi connectivity index (χ0n) is 17.6. The van der Waals surface area contributed by atoms with E-state index in [0.717, 1.165) is 11.3 Å². The highest BCUT2D eigenvalue weighted by atomic mass is 127. The molecule has 0 saturated carbocycles. The number of amides is 1. The monoisotopic (exact) mass is 555 g/mol. The van der Waals surface area contributed by atoms with Crippen LogP contribution in [0.15, 0.2) is 29.3 Å². The molecule has 174 valence electrons. The maximum Gasteiger partial charge on any atom is 0.401 e. The van der Waals surface area contributed by atoms with Crippen LogP contribution in [0.3, 0.4) is 0 Å². The number of nitrogens with zero attached hydrogens (tertiary/aromatic N) is 3. The topological polar surface area (TPSA) is 69.2 Å². The van der Waals surface area contributed by atoms with E-state index in [-0.39, 0.29) is 55.1 Å². The minimum Gasteiger partial charge on any atom is -0.493 e. The van der Waals surface area contributed by atoms with Gasteiger partial charge in [-0.25, -0.2) is 4.99 Å². The van der Waals surface area contributed by atoms with E-state index in [9.17, 15) is 18.0 Å². The van der Waals surface area contributed by atoms with Gasteiger partial charge in [-0.1, -0.05) is 18.2 Å². The lowest BCUT2D eigenvalue weighted by atomic mass is 10.0. The van der Waals surface area contributed by atoms with Crippen molar-refractivity contribution in [3.05, 3.63) is 29.8 Å². The van der Waals surface area contributed by atoms with Gasteiger partial charge < -0.3 is 20.3 Å². The summed E-state index contributed by atoms with van der Waals surface area (Å²) in [7, 11) is 3.30. The van der Waals surface area contributed by atoms with E-state index < -0.39 is 12.7 Å². The largest absolute Gasteiger partial charge is 0.493 e. The van der Waals surface area contributed by atoms with Gasteiger partial charge in [0.15, 0.2) is 5.96 Å². The van der Waals surface area contributed by atoms with Gasteiger partial charge in [0, 0.05) is 45.2 Å². The summed E-state index contributed by atoms with van der Waals surface area (Å²) in [6, 6.07) is 7.45. The molecule has 11 heteroatoms. The molecule has 2 unspecified atom stereocenters. The summed E-state index contributed by atoms with van der Waals surface area (Å²) >= 11 is 0. The van der Waals surface area contributed by atoms with Gasteiger partial charge in [-0.05, 0) is 12.5 Å². The van der Waals surface area contributed by atoms with Crippen LogP contribution < -0.4 is 15.4 Å². The Labute approximate surface area is 197 Å². The number of likely N-dealkylation sites (N-methyl/N-ethyl adjacent to an activating group) is 1. The van der Waals surface area contributed by atoms with E-state index >= 15 is 0 Å². The van der Waals surface area contributed by atoms with Crippen LogP contribution in [0.4, 0.5) is 13.2 Å². The fraction of sp³-hybridized carbons (Fsp3) is 0.600. The highest BCUT2D eigenvalue weighted by Gasteiger charge is 2.34. The quantitative estimate of drug-likeness (QED) is 0.332. The van der Waals surface area contributed by atoms with Crippen molar-refractivity contribution in [3.8, 4) is 5.75 Å². The van der Waals surface area contributed by atoms with Crippen LogP contribution in [0.1, 0.15) is 24.4 Å². The molecule has 1 saturated heterocycles. The van der Waals surface area contributed by atoms with E-state index in [0.29, 0.717) is 32.0 Å². The number of carbonyl (C=O) groups is 1. The third-order valence-corrected chi connectivity index (χ3v) is 5.16. The van der Waals surface area contributed by atoms with E-state index in [4.69, 9.17) is 4.74 Å². The molecule has 3 rings (SSSR count). The Hall–Kier alpha value is -1.76. The Balaban J connectivity index is 0.00000341. The second-order valence-corrected chi connectivity index (χ2v) is 7.81. The van der Waals surface area contributed by atoms with Crippen molar-refractivity contribution in [1.82, 2.24) is 20.4 Å². The van der Waals surface area contributed by atoms with Crippen molar-refractivity contribution < 1.29 is 22.7 Å². The number of alkyl halides is 3. The second kappa shape index (κ2) is 11.2. The van der Waals surface area contributed by atoms with Crippen LogP contribution in [0.5, 0.6) is 5.75 Å². The molecule has 7 nitrogen and oxygen atoms in total. The van der Waals surface area contributed by atoms with E-state index in [1.807, 2.05) is 24.3 Å². The number of fused-ring (bicyclic) bond motifs is 1. The zero-order valence-corrected chi connectivity index (χ0v) is 19.9. The number of carbonyl (C=O) groups excluding carboxylic acids is 1. The van der Waals surface area contributed by atoms with Gasteiger partial charge in [-0.2, -0.15) is 13.2 Å². The van der Waals surface area contributed by atoms with Crippen LogP contribution in [0.2, 0.25) is 0 Å². The highest BCUT2D eigenvalue weighted by Crippen LogP contribution is 2.31. The minimum absolute atomic E-state index is 0. The van der Waals surface area contributed by atoms with Crippen molar-refractivity contribution in [2.75, 3.05) is 46.9 Å². The van der Waals surface area contributed by atoms with Gasteiger partial charge >= 0.3 is 6.18 Å². The minimum atomic E-state index is -4.21. The smallest absolute Gasteiger partial charge is 0.401 e. The lowest BCUT2D eigenvalue weighted by molar-refractivity contribution is -0.143. The fourth-order valence-electron chi connectivity index (χ4n) is 3.62. The molecule has 0 spiro atoms. The number of guanidine groups is 1. The van der Waals surface area contributed by atoms with Crippen LogP contribution >= 0.6 is 24.0 Å². The summed E-state index contributed by atoms with van der Waals surface area (Å²) in [4.78, 5) is 19.2. The average molecular weight is 555 g/mol. The molecule has 1 amide bonds. The first kappa shape index (κ1) is 25.5. The number of aliphatic imine (C=N–C) groups is 1. The number of hydrogen-bond donors (Lipinski definition) is 2. The second-order valence-electron chi connectivity index (χ2n) is 7.81. The first-order valence-corrected chi connectivity index (χ1v) is 10.00. The predicted octanol–water partition coefficient (Wildman–Crippen LogP) is 2.39. The predicted molar refractivity (Wildman–Crippen MR) is 123 cm³/mol. The molecule has 2 aliphatic rings. The first-order valence-electron chi connectivity index (χ1n) is 10.00. The van der Waals surface area contributed by atoms with Crippen LogP contribution in [-0.4, -0.2) is 80.8 Å². The van der Waals surface area contributed by atoms with E-state index in [2.05, 4.69) is 15.6 Å².